The van der Waals surface area contributed by atoms with E-state index in [1.807, 2.05) is 19.9 Å². The fourth-order valence-electron chi connectivity index (χ4n) is 1.49. The Kier molecular flexibility index (Phi) is 2.73. The van der Waals surface area contributed by atoms with Gasteiger partial charge in [-0.3, -0.25) is 4.79 Å². The molecule has 15 heavy (non-hydrogen) atoms. The van der Waals surface area contributed by atoms with Crippen molar-refractivity contribution in [2.75, 3.05) is 6.54 Å². The lowest BCUT2D eigenvalue weighted by Crippen LogP contribution is -2.25. The van der Waals surface area contributed by atoms with Gasteiger partial charge in [-0.1, -0.05) is 11.8 Å². The lowest BCUT2D eigenvalue weighted by Gasteiger charge is -2.19. The molecule has 1 aliphatic heterocycles. The summed E-state index contributed by atoms with van der Waals surface area (Å²) < 4.78 is 0. The van der Waals surface area contributed by atoms with Gasteiger partial charge in [0.25, 0.3) is 0 Å². The highest BCUT2D eigenvalue weighted by molar-refractivity contribution is 8.17. The van der Waals surface area contributed by atoms with Crippen LogP contribution in [0.4, 0.5) is 0 Å². The Morgan fingerprint density at radius 2 is 2.27 bits per heavy atom. The second-order valence-corrected chi connectivity index (χ2v) is 4.56. The molecule has 0 aliphatic carbocycles. The van der Waals surface area contributed by atoms with Crippen molar-refractivity contribution in [3.05, 3.63) is 28.4 Å². The highest BCUT2D eigenvalue weighted by Crippen LogP contribution is 2.29. The maximum absolute atomic E-state index is 11.2. The molecule has 0 spiro atoms. The summed E-state index contributed by atoms with van der Waals surface area (Å²) in [5, 5.41) is 11.1. The number of allylic oxidation sites excluding steroid dienone is 1. The van der Waals surface area contributed by atoms with E-state index < -0.39 is 0 Å². The molecule has 1 aliphatic rings. The third-order valence-electron chi connectivity index (χ3n) is 2.20. The second-order valence-electron chi connectivity index (χ2n) is 3.29. The molecule has 5 heteroatoms. The van der Waals surface area contributed by atoms with Crippen molar-refractivity contribution in [3.63, 3.8) is 0 Å². The van der Waals surface area contributed by atoms with Crippen LogP contribution in [0.15, 0.2) is 17.2 Å². The summed E-state index contributed by atoms with van der Waals surface area (Å²) in [6, 6.07) is 1.91. The number of carbonyl (C=O) groups is 1. The topological polar surface area (TPSA) is 54.9 Å². The molecule has 0 unspecified atom stereocenters. The van der Waals surface area contributed by atoms with Gasteiger partial charge in [0.05, 0.1) is 24.1 Å². The largest absolute Gasteiger partial charge is 0.376 e. The molecule has 0 radical (unpaired) electrons. The van der Waals surface area contributed by atoms with Gasteiger partial charge in [0, 0.05) is 10.5 Å². The number of carbonyl (C=O) groups excluding carboxylic acids is 1. The zero-order valence-electron chi connectivity index (χ0n) is 8.57. The molecule has 4 nitrogen and oxygen atoms in total. The first-order chi connectivity index (χ1) is 7.18. The number of nitrogens with one attached hydrogen (secondary N) is 1. The predicted molar refractivity (Wildman–Crippen MR) is 60.0 cm³/mol. The van der Waals surface area contributed by atoms with Crippen LogP contribution in [0.25, 0.3) is 5.70 Å². The Morgan fingerprint density at radius 3 is 2.93 bits per heavy atom. The van der Waals surface area contributed by atoms with E-state index in [1.165, 1.54) is 11.8 Å². The van der Waals surface area contributed by atoms with Crippen LogP contribution in [-0.4, -0.2) is 21.9 Å². The minimum atomic E-state index is 0.149. The molecule has 0 bridgehead atoms. The molecule has 78 valence electrons. The average Bonchev–Trinajstić information content (AvgIpc) is 2.20. The summed E-state index contributed by atoms with van der Waals surface area (Å²) in [7, 11) is 0. The summed E-state index contributed by atoms with van der Waals surface area (Å²) in [5.41, 5.74) is 2.88. The van der Waals surface area contributed by atoms with Crippen LogP contribution in [0.1, 0.15) is 18.2 Å². The van der Waals surface area contributed by atoms with Gasteiger partial charge >= 0.3 is 0 Å². The summed E-state index contributed by atoms with van der Waals surface area (Å²) in [6.07, 6.45) is 1.66. The Labute approximate surface area is 92.2 Å². The lowest BCUT2D eigenvalue weighted by molar-refractivity contribution is -0.110. The van der Waals surface area contributed by atoms with Gasteiger partial charge in [-0.15, -0.1) is 0 Å². The van der Waals surface area contributed by atoms with Gasteiger partial charge in [-0.05, 0) is 19.9 Å². The highest BCUT2D eigenvalue weighted by atomic mass is 32.2. The van der Waals surface area contributed by atoms with E-state index in [-0.39, 0.29) is 5.12 Å². The molecule has 0 atom stereocenters. The molecule has 0 saturated heterocycles. The van der Waals surface area contributed by atoms with Gasteiger partial charge < -0.3 is 5.32 Å². The molecule has 1 N–H and O–H groups in total. The van der Waals surface area contributed by atoms with Gasteiger partial charge in [0.2, 0.25) is 5.12 Å². The molecule has 0 saturated carbocycles. The molecule has 1 aromatic heterocycles. The van der Waals surface area contributed by atoms with Crippen LogP contribution in [0, 0.1) is 6.92 Å². The first-order valence-corrected chi connectivity index (χ1v) is 5.44. The molecule has 0 amide bonds. The lowest BCUT2D eigenvalue weighted by atomic mass is 10.1. The molecular weight excluding hydrogens is 210 g/mol. The van der Waals surface area contributed by atoms with E-state index >= 15 is 0 Å². The van der Waals surface area contributed by atoms with Gasteiger partial charge in [0.1, 0.15) is 0 Å². The number of hydrogen-bond acceptors (Lipinski definition) is 5. The normalized spacial score (nSPS) is 16.5. The van der Waals surface area contributed by atoms with Crippen LogP contribution in [0.2, 0.25) is 0 Å². The van der Waals surface area contributed by atoms with E-state index in [0.29, 0.717) is 6.54 Å². The number of aromatic nitrogens is 2. The Bertz CT molecular complexity index is 442. The second kappa shape index (κ2) is 4.02. The molecule has 2 heterocycles. The van der Waals surface area contributed by atoms with Gasteiger partial charge in [-0.2, -0.15) is 10.2 Å². The fraction of sp³-hybridized carbons (Fsp3) is 0.300. The summed E-state index contributed by atoms with van der Waals surface area (Å²) in [4.78, 5) is 12.2. The van der Waals surface area contributed by atoms with Gasteiger partial charge in [0.15, 0.2) is 0 Å². The molecule has 0 aromatic carbocycles. The monoisotopic (exact) mass is 221 g/mol. The number of hydrogen-bond donors (Lipinski definition) is 1. The minimum absolute atomic E-state index is 0.149. The summed E-state index contributed by atoms with van der Waals surface area (Å²) in [6.45, 7) is 4.22. The maximum Gasteiger partial charge on any atom is 0.212 e. The van der Waals surface area contributed by atoms with Crippen molar-refractivity contribution >= 4 is 22.6 Å². The quantitative estimate of drug-likeness (QED) is 0.775. The molecule has 1 aromatic rings. The number of nitrogens with zero attached hydrogens (tertiary/aromatic N) is 2. The van der Waals surface area contributed by atoms with Crippen molar-refractivity contribution in [3.8, 4) is 0 Å². The van der Waals surface area contributed by atoms with Crippen LogP contribution in [0.3, 0.4) is 0 Å². The fourth-order valence-corrected chi connectivity index (χ4v) is 2.26. The first-order valence-electron chi connectivity index (χ1n) is 4.62. The van der Waals surface area contributed by atoms with E-state index in [1.54, 1.807) is 6.20 Å². The van der Waals surface area contributed by atoms with E-state index in [4.69, 9.17) is 0 Å². The van der Waals surface area contributed by atoms with Crippen LogP contribution >= 0.6 is 11.8 Å². The third kappa shape index (κ3) is 2.02. The molecular formula is C10H11N3OS. The van der Waals surface area contributed by atoms with Crippen molar-refractivity contribution in [1.82, 2.24) is 15.5 Å². The Hall–Kier alpha value is -1.36. The zero-order chi connectivity index (χ0) is 10.8. The van der Waals surface area contributed by atoms with Gasteiger partial charge in [-0.25, -0.2) is 0 Å². The predicted octanol–water partition coefficient (Wildman–Crippen LogP) is 1.34. The number of rotatable bonds is 1. The first kappa shape index (κ1) is 10.2. The number of thioether (sulfide) groups is 1. The Balaban J connectivity index is 2.43. The maximum atomic E-state index is 11.2. The summed E-state index contributed by atoms with van der Waals surface area (Å²) >= 11 is 1.28. The summed E-state index contributed by atoms with van der Waals surface area (Å²) in [5.74, 6) is 0. The Morgan fingerprint density at radius 1 is 1.47 bits per heavy atom. The highest BCUT2D eigenvalue weighted by Gasteiger charge is 2.18. The third-order valence-corrected chi connectivity index (χ3v) is 3.09. The SMILES string of the molecule is CC1=C(c2ccnnc2C)NCC(=O)S1. The molecule has 2 rings (SSSR count). The van der Waals surface area contributed by atoms with E-state index in [2.05, 4.69) is 15.5 Å². The van der Waals surface area contributed by atoms with Crippen molar-refractivity contribution in [2.24, 2.45) is 0 Å². The molecule has 0 fully saturated rings. The van der Waals surface area contributed by atoms with Crippen molar-refractivity contribution < 1.29 is 4.79 Å². The van der Waals surface area contributed by atoms with Crippen molar-refractivity contribution in [1.29, 1.82) is 0 Å². The number of aryl methyl sites for hydroxylation is 1. The average molecular weight is 221 g/mol. The minimum Gasteiger partial charge on any atom is -0.376 e. The van der Waals surface area contributed by atoms with Crippen LogP contribution in [0.5, 0.6) is 0 Å². The van der Waals surface area contributed by atoms with Crippen LogP contribution in [-0.2, 0) is 4.79 Å². The smallest absolute Gasteiger partial charge is 0.212 e. The van der Waals surface area contributed by atoms with E-state index in [9.17, 15) is 4.79 Å². The zero-order valence-corrected chi connectivity index (χ0v) is 9.39. The standard InChI is InChI=1S/C10H11N3OS/c1-6-8(3-4-12-13-6)10-7(2)15-9(14)5-11-10/h3-4,11H,5H2,1-2H3. The van der Waals surface area contributed by atoms with E-state index in [0.717, 1.165) is 21.9 Å². The van der Waals surface area contributed by atoms with Crippen molar-refractivity contribution in [2.45, 2.75) is 13.8 Å². The van der Waals surface area contributed by atoms with Crippen LogP contribution < -0.4 is 5.32 Å².